The van der Waals surface area contributed by atoms with Crippen molar-refractivity contribution in [3.8, 4) is 0 Å². The molecule has 0 heterocycles. The lowest BCUT2D eigenvalue weighted by atomic mass is 9.46. The molecular formula is C15H17F3N2O2. The Bertz CT molecular complexity index is 581. The molecule has 4 rings (SSSR count). The normalized spacial score (nSPS) is 29.3. The van der Waals surface area contributed by atoms with Gasteiger partial charge in [0.15, 0.2) is 0 Å². The number of carbonyl (C=O) groups excluding carboxylic acids is 1. The van der Waals surface area contributed by atoms with Gasteiger partial charge in [-0.2, -0.15) is 13.2 Å². The van der Waals surface area contributed by atoms with E-state index in [1.807, 2.05) is 0 Å². The average Bonchev–Trinajstić information content (AvgIpc) is 2.38. The standard InChI is InChI=1S/C15H17F3N2O2/c1-22-14-7-13(8-14,9-14)20-12(21)19-6-10-3-2-4-11(5-10)15(16,17)18/h2-5H,6-9H2,1H3,(H2,19,20,21). The molecule has 2 amide bonds. The van der Waals surface area contributed by atoms with E-state index in [4.69, 9.17) is 4.74 Å². The fourth-order valence-corrected chi connectivity index (χ4v) is 3.37. The zero-order valence-electron chi connectivity index (χ0n) is 12.1. The fourth-order valence-electron chi connectivity index (χ4n) is 3.37. The number of hydrogen-bond acceptors (Lipinski definition) is 2. The number of alkyl halides is 3. The topological polar surface area (TPSA) is 50.4 Å². The van der Waals surface area contributed by atoms with Crippen molar-refractivity contribution in [3.05, 3.63) is 35.4 Å². The molecule has 3 fully saturated rings. The summed E-state index contributed by atoms with van der Waals surface area (Å²) in [7, 11) is 1.66. The highest BCUT2D eigenvalue weighted by Crippen LogP contribution is 2.62. The van der Waals surface area contributed by atoms with E-state index in [0.29, 0.717) is 5.56 Å². The second-order valence-electron chi connectivity index (χ2n) is 6.20. The third-order valence-electron chi connectivity index (χ3n) is 4.50. The van der Waals surface area contributed by atoms with Gasteiger partial charge < -0.3 is 15.4 Å². The fraction of sp³-hybridized carbons (Fsp3) is 0.533. The molecule has 0 atom stereocenters. The van der Waals surface area contributed by atoms with Crippen molar-refractivity contribution < 1.29 is 22.7 Å². The highest BCUT2D eigenvalue weighted by Gasteiger charge is 2.69. The van der Waals surface area contributed by atoms with Gasteiger partial charge in [0.25, 0.3) is 0 Å². The van der Waals surface area contributed by atoms with Crippen LogP contribution in [-0.4, -0.2) is 24.3 Å². The summed E-state index contributed by atoms with van der Waals surface area (Å²) in [6.07, 6.45) is -1.98. The second kappa shape index (κ2) is 4.87. The molecule has 1 aromatic rings. The molecule has 3 saturated carbocycles. The van der Waals surface area contributed by atoms with Crippen molar-refractivity contribution in [1.29, 1.82) is 0 Å². The SMILES string of the molecule is COC12CC(NC(=O)NCc3cccc(C(F)(F)F)c3)(C1)C2. The molecule has 120 valence electrons. The third-order valence-corrected chi connectivity index (χ3v) is 4.50. The van der Waals surface area contributed by atoms with Gasteiger partial charge in [0.1, 0.15) is 0 Å². The van der Waals surface area contributed by atoms with Crippen LogP contribution < -0.4 is 10.6 Å². The van der Waals surface area contributed by atoms with Gasteiger partial charge in [-0.05, 0) is 37.0 Å². The summed E-state index contributed by atoms with van der Waals surface area (Å²) in [5.74, 6) is 0. The molecule has 2 bridgehead atoms. The molecule has 7 heteroatoms. The van der Waals surface area contributed by atoms with Crippen LogP contribution >= 0.6 is 0 Å². The van der Waals surface area contributed by atoms with E-state index in [2.05, 4.69) is 10.6 Å². The minimum absolute atomic E-state index is 0.0568. The molecule has 0 spiro atoms. The van der Waals surface area contributed by atoms with Gasteiger partial charge in [-0.25, -0.2) is 4.79 Å². The number of nitrogens with one attached hydrogen (secondary N) is 2. The molecule has 0 aliphatic heterocycles. The smallest absolute Gasteiger partial charge is 0.378 e. The Hall–Kier alpha value is -1.76. The van der Waals surface area contributed by atoms with Gasteiger partial charge in [0.05, 0.1) is 16.7 Å². The quantitative estimate of drug-likeness (QED) is 0.898. The van der Waals surface area contributed by atoms with Crippen LogP contribution in [0.3, 0.4) is 0 Å². The van der Waals surface area contributed by atoms with Crippen molar-refractivity contribution in [1.82, 2.24) is 10.6 Å². The van der Waals surface area contributed by atoms with Crippen LogP contribution in [0.25, 0.3) is 0 Å². The van der Waals surface area contributed by atoms with E-state index in [-0.39, 0.29) is 23.7 Å². The molecule has 0 aromatic heterocycles. The average molecular weight is 314 g/mol. The summed E-state index contributed by atoms with van der Waals surface area (Å²) >= 11 is 0. The van der Waals surface area contributed by atoms with Crippen LogP contribution in [0.1, 0.15) is 30.4 Å². The number of halogens is 3. The first-order valence-electron chi connectivity index (χ1n) is 7.03. The summed E-state index contributed by atoms with van der Waals surface area (Å²) in [5, 5.41) is 5.48. The summed E-state index contributed by atoms with van der Waals surface area (Å²) in [6, 6.07) is 4.58. The minimum Gasteiger partial charge on any atom is -0.378 e. The van der Waals surface area contributed by atoms with Gasteiger partial charge in [-0.15, -0.1) is 0 Å². The molecule has 0 saturated heterocycles. The largest absolute Gasteiger partial charge is 0.416 e. The van der Waals surface area contributed by atoms with E-state index >= 15 is 0 Å². The highest BCUT2D eigenvalue weighted by atomic mass is 19.4. The summed E-state index contributed by atoms with van der Waals surface area (Å²) < 4.78 is 43.2. The maximum absolute atomic E-state index is 12.6. The molecule has 22 heavy (non-hydrogen) atoms. The Morgan fingerprint density at radius 2 is 2.00 bits per heavy atom. The summed E-state index contributed by atoms with van der Waals surface area (Å²) in [6.45, 7) is 0.0568. The molecule has 3 aliphatic carbocycles. The monoisotopic (exact) mass is 314 g/mol. The summed E-state index contributed by atoms with van der Waals surface area (Å²) in [5.41, 5.74) is -0.549. The van der Waals surface area contributed by atoms with Crippen molar-refractivity contribution in [2.24, 2.45) is 0 Å². The maximum Gasteiger partial charge on any atom is 0.416 e. The Balaban J connectivity index is 1.50. The number of rotatable bonds is 4. The minimum atomic E-state index is -4.38. The van der Waals surface area contributed by atoms with Crippen LogP contribution in [-0.2, 0) is 17.5 Å². The lowest BCUT2D eigenvalue weighted by molar-refractivity contribution is -0.233. The lowest BCUT2D eigenvalue weighted by Crippen LogP contribution is -2.79. The highest BCUT2D eigenvalue weighted by molar-refractivity contribution is 5.75. The van der Waals surface area contributed by atoms with Crippen LogP contribution in [0, 0.1) is 0 Å². The van der Waals surface area contributed by atoms with Crippen molar-refractivity contribution in [2.75, 3.05) is 7.11 Å². The van der Waals surface area contributed by atoms with Crippen LogP contribution in [0.15, 0.2) is 24.3 Å². The van der Waals surface area contributed by atoms with Gasteiger partial charge in [-0.1, -0.05) is 12.1 Å². The zero-order chi connectivity index (χ0) is 16.0. The molecular weight excluding hydrogens is 297 g/mol. The Morgan fingerprint density at radius 1 is 1.32 bits per heavy atom. The molecule has 3 aliphatic rings. The molecule has 2 N–H and O–H groups in total. The van der Waals surface area contributed by atoms with Crippen molar-refractivity contribution >= 4 is 6.03 Å². The molecule has 0 radical (unpaired) electrons. The zero-order valence-corrected chi connectivity index (χ0v) is 12.1. The summed E-state index contributed by atoms with van der Waals surface area (Å²) in [4.78, 5) is 11.8. The Morgan fingerprint density at radius 3 is 2.59 bits per heavy atom. The van der Waals surface area contributed by atoms with E-state index in [1.165, 1.54) is 6.07 Å². The van der Waals surface area contributed by atoms with Crippen molar-refractivity contribution in [3.63, 3.8) is 0 Å². The van der Waals surface area contributed by atoms with E-state index in [0.717, 1.165) is 31.4 Å². The van der Waals surface area contributed by atoms with Gasteiger partial charge in [0.2, 0.25) is 0 Å². The van der Waals surface area contributed by atoms with Gasteiger partial charge in [0, 0.05) is 13.7 Å². The van der Waals surface area contributed by atoms with E-state index in [1.54, 1.807) is 13.2 Å². The lowest BCUT2D eigenvalue weighted by Gasteiger charge is -2.69. The molecule has 1 aromatic carbocycles. The maximum atomic E-state index is 12.6. The number of ether oxygens (including phenoxy) is 1. The Kier molecular flexibility index (Phi) is 3.36. The number of amides is 2. The van der Waals surface area contributed by atoms with Crippen LogP contribution in [0.4, 0.5) is 18.0 Å². The van der Waals surface area contributed by atoms with Crippen molar-refractivity contribution in [2.45, 2.75) is 43.1 Å². The van der Waals surface area contributed by atoms with Gasteiger partial charge in [-0.3, -0.25) is 0 Å². The predicted molar refractivity (Wildman–Crippen MR) is 73.1 cm³/mol. The Labute approximate surface area is 126 Å². The molecule has 4 nitrogen and oxygen atoms in total. The number of urea groups is 1. The number of methoxy groups -OCH3 is 1. The predicted octanol–water partition coefficient (Wildman–Crippen LogP) is 2.83. The first-order chi connectivity index (χ1) is 10.3. The van der Waals surface area contributed by atoms with Crippen LogP contribution in [0.5, 0.6) is 0 Å². The van der Waals surface area contributed by atoms with E-state index in [9.17, 15) is 18.0 Å². The third kappa shape index (κ3) is 2.65. The van der Waals surface area contributed by atoms with Gasteiger partial charge >= 0.3 is 12.2 Å². The first kappa shape index (κ1) is 15.1. The van der Waals surface area contributed by atoms with E-state index < -0.39 is 11.7 Å². The molecule has 0 unspecified atom stereocenters. The second-order valence-corrected chi connectivity index (χ2v) is 6.20. The first-order valence-corrected chi connectivity index (χ1v) is 7.03. The number of benzene rings is 1. The number of hydrogen-bond donors (Lipinski definition) is 2. The van der Waals surface area contributed by atoms with Crippen LogP contribution in [0.2, 0.25) is 0 Å². The number of carbonyl (C=O) groups is 1.